The lowest BCUT2D eigenvalue weighted by Crippen LogP contribution is -2.33. The van der Waals surface area contributed by atoms with Gasteiger partial charge in [0.1, 0.15) is 5.82 Å². The van der Waals surface area contributed by atoms with Gasteiger partial charge in [-0.1, -0.05) is 0 Å². The Labute approximate surface area is 130 Å². The molecule has 0 saturated heterocycles. The molecular weight excluding hydrogens is 302 g/mol. The number of aromatic nitrogens is 4. The first-order valence-corrected chi connectivity index (χ1v) is 8.97. The van der Waals surface area contributed by atoms with E-state index in [1.54, 1.807) is 23.3 Å². The van der Waals surface area contributed by atoms with Crippen molar-refractivity contribution in [2.75, 3.05) is 6.54 Å². The van der Waals surface area contributed by atoms with Gasteiger partial charge >= 0.3 is 0 Å². The molecule has 120 valence electrons. The summed E-state index contributed by atoms with van der Waals surface area (Å²) in [7, 11) is -3.55. The summed E-state index contributed by atoms with van der Waals surface area (Å²) < 4.78 is 31.2. The molecule has 0 bridgehead atoms. The molecule has 1 N–H and O–H groups in total. The quantitative estimate of drug-likeness (QED) is 0.896. The van der Waals surface area contributed by atoms with E-state index in [1.807, 2.05) is 20.0 Å². The van der Waals surface area contributed by atoms with E-state index in [0.717, 1.165) is 25.2 Å². The summed E-state index contributed by atoms with van der Waals surface area (Å²) in [5.74, 6) is 1.30. The minimum absolute atomic E-state index is 0.0820. The van der Waals surface area contributed by atoms with E-state index >= 15 is 0 Å². The molecule has 2 aromatic heterocycles. The molecule has 0 fully saturated rings. The zero-order chi connectivity index (χ0) is 15.7. The summed E-state index contributed by atoms with van der Waals surface area (Å²) in [6.45, 7) is 5.28. The number of hydrogen-bond donors (Lipinski definition) is 1. The highest BCUT2D eigenvalue weighted by molar-refractivity contribution is 7.89. The third-order valence-corrected chi connectivity index (χ3v) is 5.37. The van der Waals surface area contributed by atoms with Crippen LogP contribution in [-0.4, -0.2) is 34.1 Å². The average molecular weight is 323 g/mol. The number of sulfonamides is 1. The standard InChI is InChI=1S/C14H21N5O2S/c1-11(2)19-9-14(16-10-19)22(20,21)17-8-12-3-5-18-6-4-15-13(18)7-12/h4,6,9-12,17H,3,5,7-8H2,1-2H3/t12-/m1/s1. The molecule has 0 aromatic carbocycles. The SMILES string of the molecule is CC(C)n1cnc(S(=O)(=O)NC[C@@H]2CCn3ccnc3C2)c1. The van der Waals surface area contributed by atoms with Gasteiger partial charge in [0.25, 0.3) is 10.0 Å². The third-order valence-electron chi connectivity index (χ3n) is 4.06. The van der Waals surface area contributed by atoms with Gasteiger partial charge in [0, 0.05) is 44.1 Å². The molecule has 0 aliphatic carbocycles. The molecule has 2 aromatic rings. The molecule has 7 nitrogen and oxygen atoms in total. The summed E-state index contributed by atoms with van der Waals surface area (Å²) in [4.78, 5) is 8.30. The number of nitrogens with zero attached hydrogens (tertiary/aromatic N) is 4. The Hall–Kier alpha value is -1.67. The van der Waals surface area contributed by atoms with E-state index in [9.17, 15) is 8.42 Å². The molecule has 8 heteroatoms. The lowest BCUT2D eigenvalue weighted by atomic mass is 9.98. The first kappa shape index (κ1) is 15.2. The van der Waals surface area contributed by atoms with Crippen LogP contribution in [0.25, 0.3) is 0 Å². The van der Waals surface area contributed by atoms with Crippen LogP contribution in [0, 0.1) is 5.92 Å². The predicted molar refractivity (Wildman–Crippen MR) is 81.8 cm³/mol. The van der Waals surface area contributed by atoms with Gasteiger partial charge in [0.2, 0.25) is 0 Å². The fraction of sp³-hybridized carbons (Fsp3) is 0.571. The highest BCUT2D eigenvalue weighted by atomic mass is 32.2. The largest absolute Gasteiger partial charge is 0.335 e. The Morgan fingerprint density at radius 2 is 2.23 bits per heavy atom. The van der Waals surface area contributed by atoms with Crippen molar-refractivity contribution in [2.45, 2.75) is 44.3 Å². The average Bonchev–Trinajstić information content (AvgIpc) is 3.13. The van der Waals surface area contributed by atoms with Crippen LogP contribution in [0.15, 0.2) is 29.9 Å². The topological polar surface area (TPSA) is 81.8 Å². The second-order valence-electron chi connectivity index (χ2n) is 6.00. The smallest absolute Gasteiger partial charge is 0.259 e. The fourth-order valence-corrected chi connectivity index (χ4v) is 3.68. The lowest BCUT2D eigenvalue weighted by molar-refractivity contribution is 0.379. The van der Waals surface area contributed by atoms with Gasteiger partial charge in [-0.15, -0.1) is 0 Å². The number of fused-ring (bicyclic) bond motifs is 1. The zero-order valence-corrected chi connectivity index (χ0v) is 13.6. The second-order valence-corrected chi connectivity index (χ2v) is 7.71. The normalized spacial score (nSPS) is 18.6. The van der Waals surface area contributed by atoms with Crippen molar-refractivity contribution in [3.8, 4) is 0 Å². The summed E-state index contributed by atoms with van der Waals surface area (Å²) in [6.07, 6.45) is 8.63. The molecule has 0 unspecified atom stereocenters. The Kier molecular flexibility index (Phi) is 4.05. The zero-order valence-electron chi connectivity index (χ0n) is 12.8. The summed E-state index contributed by atoms with van der Waals surface area (Å²) in [6, 6.07) is 0.189. The lowest BCUT2D eigenvalue weighted by Gasteiger charge is -2.23. The predicted octanol–water partition coefficient (Wildman–Crippen LogP) is 1.20. The highest BCUT2D eigenvalue weighted by Crippen LogP contribution is 2.19. The molecule has 0 saturated carbocycles. The number of aryl methyl sites for hydroxylation is 1. The van der Waals surface area contributed by atoms with Crippen molar-refractivity contribution in [2.24, 2.45) is 5.92 Å². The Morgan fingerprint density at radius 1 is 1.41 bits per heavy atom. The van der Waals surface area contributed by atoms with Crippen LogP contribution in [0.4, 0.5) is 0 Å². The molecule has 1 aliphatic heterocycles. The van der Waals surface area contributed by atoms with Gasteiger partial charge in [-0.2, -0.15) is 0 Å². The van der Waals surface area contributed by atoms with E-state index in [2.05, 4.69) is 19.3 Å². The fourth-order valence-electron chi connectivity index (χ4n) is 2.63. The number of hydrogen-bond acceptors (Lipinski definition) is 4. The molecule has 3 heterocycles. The van der Waals surface area contributed by atoms with E-state index in [4.69, 9.17) is 0 Å². The molecule has 1 aliphatic rings. The summed E-state index contributed by atoms with van der Waals surface area (Å²) in [5, 5.41) is 0.0820. The maximum Gasteiger partial charge on any atom is 0.259 e. The Balaban J connectivity index is 1.63. The molecule has 0 radical (unpaired) electrons. The first-order valence-electron chi connectivity index (χ1n) is 7.49. The summed E-state index contributed by atoms with van der Waals surface area (Å²) >= 11 is 0. The van der Waals surface area contributed by atoms with Crippen molar-refractivity contribution < 1.29 is 8.42 Å². The van der Waals surface area contributed by atoms with Crippen molar-refractivity contribution in [1.29, 1.82) is 0 Å². The van der Waals surface area contributed by atoms with E-state index < -0.39 is 10.0 Å². The highest BCUT2D eigenvalue weighted by Gasteiger charge is 2.23. The van der Waals surface area contributed by atoms with Gasteiger partial charge in [-0.3, -0.25) is 0 Å². The van der Waals surface area contributed by atoms with E-state index in [0.29, 0.717) is 6.54 Å². The molecule has 22 heavy (non-hydrogen) atoms. The van der Waals surface area contributed by atoms with E-state index in [-0.39, 0.29) is 17.0 Å². The molecule has 3 rings (SSSR count). The van der Waals surface area contributed by atoms with Gasteiger partial charge in [0.15, 0.2) is 5.03 Å². The van der Waals surface area contributed by atoms with E-state index in [1.165, 1.54) is 0 Å². The third kappa shape index (κ3) is 3.07. The first-order chi connectivity index (χ1) is 10.5. The second kappa shape index (κ2) is 5.85. The van der Waals surface area contributed by atoms with Crippen LogP contribution in [0.5, 0.6) is 0 Å². The van der Waals surface area contributed by atoms with Crippen molar-refractivity contribution in [1.82, 2.24) is 23.8 Å². The van der Waals surface area contributed by atoms with Crippen LogP contribution < -0.4 is 4.72 Å². The Morgan fingerprint density at radius 3 is 2.95 bits per heavy atom. The van der Waals surface area contributed by atoms with Crippen LogP contribution in [0.1, 0.15) is 32.1 Å². The van der Waals surface area contributed by atoms with Gasteiger partial charge in [0.05, 0.1) is 6.33 Å². The molecular formula is C14H21N5O2S. The summed E-state index contributed by atoms with van der Waals surface area (Å²) in [5.41, 5.74) is 0. The number of nitrogens with one attached hydrogen (secondary N) is 1. The number of rotatable bonds is 5. The maximum atomic E-state index is 12.3. The van der Waals surface area contributed by atoms with Crippen LogP contribution in [0.3, 0.4) is 0 Å². The van der Waals surface area contributed by atoms with Gasteiger partial charge < -0.3 is 9.13 Å². The molecule has 0 spiro atoms. The monoisotopic (exact) mass is 323 g/mol. The van der Waals surface area contributed by atoms with Crippen molar-refractivity contribution in [3.05, 3.63) is 30.7 Å². The van der Waals surface area contributed by atoms with Crippen LogP contribution >= 0.6 is 0 Å². The van der Waals surface area contributed by atoms with Crippen LogP contribution in [0.2, 0.25) is 0 Å². The van der Waals surface area contributed by atoms with Crippen LogP contribution in [-0.2, 0) is 23.0 Å². The number of imidazole rings is 2. The molecule has 0 amide bonds. The maximum absolute atomic E-state index is 12.3. The Bertz CT molecular complexity index is 747. The van der Waals surface area contributed by atoms with Gasteiger partial charge in [-0.05, 0) is 26.2 Å². The van der Waals surface area contributed by atoms with Gasteiger partial charge in [-0.25, -0.2) is 23.1 Å². The minimum atomic E-state index is -3.55. The minimum Gasteiger partial charge on any atom is -0.335 e. The molecule has 1 atom stereocenters. The van der Waals surface area contributed by atoms with Crippen molar-refractivity contribution >= 4 is 10.0 Å². The van der Waals surface area contributed by atoms with Crippen molar-refractivity contribution in [3.63, 3.8) is 0 Å².